The van der Waals surface area contributed by atoms with E-state index in [0.29, 0.717) is 34.7 Å². The summed E-state index contributed by atoms with van der Waals surface area (Å²) in [6, 6.07) is 34.9. The zero-order valence-electron chi connectivity index (χ0n) is 25.0. The minimum atomic E-state index is -4.46. The third-order valence-corrected chi connectivity index (χ3v) is 7.19. The molecule has 10 heteroatoms. The number of amides is 3. The van der Waals surface area contributed by atoms with Crippen molar-refractivity contribution in [2.75, 3.05) is 11.9 Å². The molecular weight excluding hydrogens is 607 g/mol. The highest BCUT2D eigenvalue weighted by atomic mass is 19.4. The van der Waals surface area contributed by atoms with E-state index in [4.69, 9.17) is 4.74 Å². The molecule has 0 aliphatic carbocycles. The number of benzene rings is 5. The fourth-order valence-electron chi connectivity index (χ4n) is 4.79. The predicted molar refractivity (Wildman–Crippen MR) is 172 cm³/mol. The van der Waals surface area contributed by atoms with E-state index in [2.05, 4.69) is 16.0 Å². The average Bonchev–Trinajstić information content (AvgIpc) is 3.09. The van der Waals surface area contributed by atoms with Gasteiger partial charge in [0.2, 0.25) is 5.91 Å². The first-order valence-electron chi connectivity index (χ1n) is 14.6. The molecule has 5 rings (SSSR count). The highest BCUT2D eigenvalue weighted by Gasteiger charge is 2.30. The van der Waals surface area contributed by atoms with Crippen molar-refractivity contribution in [1.29, 1.82) is 0 Å². The smallest absolute Gasteiger partial charge is 0.416 e. The number of nitrogens with one attached hydrogen (secondary N) is 3. The van der Waals surface area contributed by atoms with E-state index in [0.717, 1.165) is 17.7 Å². The second-order valence-corrected chi connectivity index (χ2v) is 10.5. The van der Waals surface area contributed by atoms with Crippen LogP contribution >= 0.6 is 0 Å². The van der Waals surface area contributed by atoms with Crippen LogP contribution in [0.3, 0.4) is 0 Å². The van der Waals surface area contributed by atoms with Gasteiger partial charge in [-0.3, -0.25) is 14.4 Å². The van der Waals surface area contributed by atoms with Gasteiger partial charge in [0.05, 0.1) is 5.56 Å². The van der Waals surface area contributed by atoms with Gasteiger partial charge in [-0.05, 0) is 64.7 Å². The highest BCUT2D eigenvalue weighted by molar-refractivity contribution is 6.08. The lowest BCUT2D eigenvalue weighted by Gasteiger charge is -2.19. The molecule has 5 aromatic carbocycles. The molecular formula is C37H30F3N3O4. The van der Waals surface area contributed by atoms with Crippen molar-refractivity contribution in [2.45, 2.75) is 18.8 Å². The van der Waals surface area contributed by atoms with Gasteiger partial charge >= 0.3 is 6.18 Å². The number of carbonyl (C=O) groups is 3. The van der Waals surface area contributed by atoms with Crippen LogP contribution in [-0.2, 0) is 22.3 Å². The number of carbonyl (C=O) groups excluding carboxylic acids is 3. The molecule has 0 aliphatic rings. The van der Waals surface area contributed by atoms with E-state index in [1.807, 2.05) is 36.4 Å². The van der Waals surface area contributed by atoms with E-state index in [1.54, 1.807) is 72.8 Å². The molecule has 0 fully saturated rings. The van der Waals surface area contributed by atoms with Crippen molar-refractivity contribution in [1.82, 2.24) is 10.6 Å². The average molecular weight is 638 g/mol. The Kier molecular flexibility index (Phi) is 10.3. The molecule has 0 aromatic heterocycles. The van der Waals surface area contributed by atoms with Crippen molar-refractivity contribution in [3.8, 4) is 16.9 Å². The summed E-state index contributed by atoms with van der Waals surface area (Å²) in [6.07, 6.45) is -4.46. The lowest BCUT2D eigenvalue weighted by atomic mass is 9.98. The lowest BCUT2D eigenvalue weighted by Crippen LogP contribution is -2.41. The molecule has 47 heavy (non-hydrogen) atoms. The Morgan fingerprint density at radius 1 is 0.702 bits per heavy atom. The van der Waals surface area contributed by atoms with Crippen molar-refractivity contribution in [3.05, 3.63) is 156 Å². The quantitative estimate of drug-likeness (QED) is 0.143. The van der Waals surface area contributed by atoms with Crippen molar-refractivity contribution >= 4 is 23.4 Å². The summed E-state index contributed by atoms with van der Waals surface area (Å²) in [5.41, 5.74) is 2.43. The summed E-state index contributed by atoms with van der Waals surface area (Å²) >= 11 is 0. The van der Waals surface area contributed by atoms with Gasteiger partial charge in [0, 0.05) is 17.8 Å². The summed E-state index contributed by atoms with van der Waals surface area (Å²) in [4.78, 5) is 39.0. The Labute approximate surface area is 269 Å². The van der Waals surface area contributed by atoms with Crippen molar-refractivity contribution < 1.29 is 32.3 Å². The van der Waals surface area contributed by atoms with E-state index in [1.165, 1.54) is 12.1 Å². The number of rotatable bonds is 11. The molecule has 7 nitrogen and oxygen atoms in total. The molecule has 0 spiro atoms. The molecule has 0 saturated heterocycles. The monoisotopic (exact) mass is 637 g/mol. The molecule has 0 heterocycles. The summed E-state index contributed by atoms with van der Waals surface area (Å²) in [7, 11) is 0. The van der Waals surface area contributed by atoms with E-state index < -0.39 is 29.6 Å². The third kappa shape index (κ3) is 8.85. The summed E-state index contributed by atoms with van der Waals surface area (Å²) in [5, 5.41) is 8.37. The Bertz CT molecular complexity index is 1810. The van der Waals surface area contributed by atoms with Crippen molar-refractivity contribution in [2.24, 2.45) is 0 Å². The molecule has 0 aliphatic heterocycles. The van der Waals surface area contributed by atoms with Crippen LogP contribution in [0.4, 0.5) is 18.9 Å². The number of halogens is 3. The fraction of sp³-hybridized carbons (Fsp3) is 0.108. The number of hydrogen-bond donors (Lipinski definition) is 3. The second kappa shape index (κ2) is 14.9. The van der Waals surface area contributed by atoms with Crippen LogP contribution in [0.15, 0.2) is 133 Å². The molecule has 0 bridgehead atoms. The van der Waals surface area contributed by atoms with Gasteiger partial charge in [-0.25, -0.2) is 0 Å². The van der Waals surface area contributed by atoms with E-state index in [-0.39, 0.29) is 18.1 Å². The van der Waals surface area contributed by atoms with Gasteiger partial charge in [0.1, 0.15) is 11.8 Å². The maximum Gasteiger partial charge on any atom is 0.416 e. The predicted octanol–water partition coefficient (Wildman–Crippen LogP) is 7.18. The number of ether oxygens (including phenoxy) is 1. The summed E-state index contributed by atoms with van der Waals surface area (Å²) < 4.78 is 44.6. The Morgan fingerprint density at radius 3 is 1.98 bits per heavy atom. The highest BCUT2D eigenvalue weighted by Crippen LogP contribution is 2.32. The van der Waals surface area contributed by atoms with Crippen LogP contribution in [-0.4, -0.2) is 24.3 Å². The van der Waals surface area contributed by atoms with Crippen molar-refractivity contribution in [3.63, 3.8) is 0 Å². The Morgan fingerprint density at radius 2 is 1.32 bits per heavy atom. The molecule has 0 radical (unpaired) electrons. The largest absolute Gasteiger partial charge is 0.484 e. The Balaban J connectivity index is 1.18. The molecule has 5 aromatic rings. The maximum atomic E-state index is 13.1. The summed E-state index contributed by atoms with van der Waals surface area (Å²) in [5.74, 6) is -0.974. The van der Waals surface area contributed by atoms with Crippen LogP contribution in [0.25, 0.3) is 11.1 Å². The number of anilines is 1. The summed E-state index contributed by atoms with van der Waals surface area (Å²) in [6.45, 7) is -0.0551. The van der Waals surface area contributed by atoms with E-state index >= 15 is 0 Å². The van der Waals surface area contributed by atoms with Gasteiger partial charge in [-0.15, -0.1) is 0 Å². The second-order valence-electron chi connectivity index (χ2n) is 10.5. The van der Waals surface area contributed by atoms with Gasteiger partial charge in [-0.2, -0.15) is 13.2 Å². The topological polar surface area (TPSA) is 96.5 Å². The van der Waals surface area contributed by atoms with Crippen LogP contribution in [0.2, 0.25) is 0 Å². The number of hydrogen-bond acceptors (Lipinski definition) is 4. The fourth-order valence-corrected chi connectivity index (χ4v) is 4.79. The van der Waals surface area contributed by atoms with Crippen LogP contribution in [0.1, 0.15) is 33.1 Å². The molecule has 0 saturated carbocycles. The zero-order chi connectivity index (χ0) is 33.2. The first-order chi connectivity index (χ1) is 22.7. The van der Waals surface area contributed by atoms with Crippen LogP contribution < -0.4 is 20.7 Å². The minimum Gasteiger partial charge on any atom is -0.484 e. The Hall–Kier alpha value is -5.90. The van der Waals surface area contributed by atoms with Crippen LogP contribution in [0.5, 0.6) is 5.75 Å². The van der Waals surface area contributed by atoms with Gasteiger partial charge in [0.25, 0.3) is 11.8 Å². The first kappa shape index (κ1) is 32.5. The van der Waals surface area contributed by atoms with Crippen LogP contribution in [0, 0.1) is 0 Å². The number of alkyl halides is 3. The first-order valence-corrected chi connectivity index (χ1v) is 14.6. The lowest BCUT2D eigenvalue weighted by molar-refractivity contribution is -0.137. The van der Waals surface area contributed by atoms with Gasteiger partial charge < -0.3 is 20.7 Å². The van der Waals surface area contributed by atoms with Gasteiger partial charge in [-0.1, -0.05) is 91.0 Å². The SMILES string of the molecule is O=C(COc1ccc(NC(=O)c2ccccc2-c2ccc(C(F)(F)F)cc2)cc1)N[C@H](C(=O)NCc1ccccc1)c1ccccc1. The normalized spacial score (nSPS) is 11.6. The zero-order valence-corrected chi connectivity index (χ0v) is 25.0. The molecule has 238 valence electrons. The maximum absolute atomic E-state index is 13.1. The molecule has 3 amide bonds. The molecule has 3 N–H and O–H groups in total. The van der Waals surface area contributed by atoms with Gasteiger partial charge in [0.15, 0.2) is 6.61 Å². The standard InChI is InChI=1S/C37H30F3N3O4/c38-37(39,40)28-17-15-26(16-18-28)31-13-7-8-14-32(31)35(45)42-29-19-21-30(22-20-29)47-24-33(44)43-34(27-11-5-2-6-12-27)36(46)41-23-25-9-3-1-4-10-25/h1-22,34H,23-24H2,(H,41,46)(H,42,45)(H,43,44)/t34-/m0/s1. The third-order valence-electron chi connectivity index (χ3n) is 7.19. The molecule has 1 atom stereocenters. The molecule has 0 unspecified atom stereocenters. The van der Waals surface area contributed by atoms with E-state index in [9.17, 15) is 27.6 Å². The minimum absolute atomic E-state index is 0.282.